The van der Waals surface area contributed by atoms with Crippen molar-refractivity contribution in [1.29, 1.82) is 0 Å². The molecular weight excluding hydrogens is 342 g/mol. The van der Waals surface area contributed by atoms with Crippen LogP contribution in [0.5, 0.6) is 0 Å². The normalized spacial score (nSPS) is 12.5. The van der Waals surface area contributed by atoms with E-state index in [9.17, 15) is 4.79 Å². The molecule has 1 aromatic carbocycles. The molecule has 7 heteroatoms. The highest BCUT2D eigenvalue weighted by atomic mass is 32.2. The third kappa shape index (κ3) is 3.96. The van der Waals surface area contributed by atoms with Gasteiger partial charge in [-0.3, -0.25) is 4.79 Å². The van der Waals surface area contributed by atoms with Crippen LogP contribution in [0.25, 0.3) is 11.1 Å². The number of thioether (sulfide) groups is 1. The van der Waals surface area contributed by atoms with Crippen molar-refractivity contribution in [2.24, 2.45) is 0 Å². The summed E-state index contributed by atoms with van der Waals surface area (Å²) in [6, 6.07) is 6.09. The zero-order chi connectivity index (χ0) is 17.1. The van der Waals surface area contributed by atoms with Crippen molar-refractivity contribution < 1.29 is 9.21 Å². The number of nitrogens with one attached hydrogen (secondary N) is 1. The maximum atomic E-state index is 12.0. The minimum atomic E-state index is -0.116. The smallest absolute Gasteiger partial charge is 0.270 e. The van der Waals surface area contributed by atoms with Crippen LogP contribution in [0.4, 0.5) is 0 Å². The van der Waals surface area contributed by atoms with Gasteiger partial charge in [-0.1, -0.05) is 24.8 Å². The van der Waals surface area contributed by atoms with Crippen LogP contribution in [0.3, 0.4) is 0 Å². The largest absolute Gasteiger partial charge is 0.431 e. The van der Waals surface area contributed by atoms with Gasteiger partial charge >= 0.3 is 0 Å². The van der Waals surface area contributed by atoms with Crippen LogP contribution >= 0.6 is 23.1 Å². The van der Waals surface area contributed by atoms with Crippen molar-refractivity contribution in [2.75, 3.05) is 0 Å². The van der Waals surface area contributed by atoms with E-state index in [2.05, 4.69) is 15.3 Å². The summed E-state index contributed by atoms with van der Waals surface area (Å²) >= 11 is 2.97. The number of aryl methyl sites for hydroxylation is 1. The van der Waals surface area contributed by atoms with E-state index in [1.165, 1.54) is 23.1 Å². The summed E-state index contributed by atoms with van der Waals surface area (Å²) in [6.07, 6.45) is 0.899. The van der Waals surface area contributed by atoms with Gasteiger partial charge in [-0.25, -0.2) is 9.97 Å². The Hall–Kier alpha value is -1.86. The summed E-state index contributed by atoms with van der Waals surface area (Å²) in [5.41, 5.74) is 3.29. The number of thiazole rings is 1. The zero-order valence-corrected chi connectivity index (χ0v) is 15.5. The topological polar surface area (TPSA) is 68.0 Å². The van der Waals surface area contributed by atoms with E-state index >= 15 is 0 Å². The Bertz CT molecular complexity index is 857. The molecule has 0 aliphatic rings. The molecular formula is C17H19N3O2S2. The van der Waals surface area contributed by atoms with E-state index < -0.39 is 0 Å². The SMILES string of the molecule is CC[C@H](C)NC(=O)c1csc(CSc2nc3cc(C)ccc3o2)n1. The second-order valence-electron chi connectivity index (χ2n) is 5.65. The van der Waals surface area contributed by atoms with Gasteiger partial charge < -0.3 is 9.73 Å². The molecule has 0 unspecified atom stereocenters. The second kappa shape index (κ2) is 7.36. The van der Waals surface area contributed by atoms with Crippen LogP contribution < -0.4 is 5.32 Å². The molecule has 0 bridgehead atoms. The number of nitrogens with zero attached hydrogens (tertiary/aromatic N) is 2. The third-order valence-corrected chi connectivity index (χ3v) is 5.49. The molecule has 0 aliphatic heterocycles. The molecule has 0 saturated heterocycles. The molecule has 0 fully saturated rings. The maximum Gasteiger partial charge on any atom is 0.270 e. The summed E-state index contributed by atoms with van der Waals surface area (Å²) in [6.45, 7) is 6.05. The minimum absolute atomic E-state index is 0.116. The molecule has 0 spiro atoms. The predicted molar refractivity (Wildman–Crippen MR) is 97.6 cm³/mol. The average molecular weight is 361 g/mol. The molecule has 0 radical (unpaired) electrons. The van der Waals surface area contributed by atoms with Crippen molar-refractivity contribution in [3.63, 3.8) is 0 Å². The van der Waals surface area contributed by atoms with Crippen LogP contribution in [0, 0.1) is 6.92 Å². The molecule has 0 aliphatic carbocycles. The van der Waals surface area contributed by atoms with Gasteiger partial charge in [-0.2, -0.15) is 0 Å². The van der Waals surface area contributed by atoms with Gasteiger partial charge in [0, 0.05) is 11.4 Å². The lowest BCUT2D eigenvalue weighted by Gasteiger charge is -2.09. The fraction of sp³-hybridized carbons (Fsp3) is 0.353. The Balaban J connectivity index is 1.63. The molecule has 3 aromatic rings. The molecule has 1 atom stereocenters. The highest BCUT2D eigenvalue weighted by Crippen LogP contribution is 2.27. The van der Waals surface area contributed by atoms with Crippen LogP contribution in [0.15, 0.2) is 33.2 Å². The summed E-state index contributed by atoms with van der Waals surface area (Å²) in [5.74, 6) is 0.516. The van der Waals surface area contributed by atoms with Gasteiger partial charge in [0.05, 0.1) is 5.75 Å². The fourth-order valence-electron chi connectivity index (χ4n) is 2.08. The Kier molecular flexibility index (Phi) is 5.20. The van der Waals surface area contributed by atoms with E-state index in [0.717, 1.165) is 28.1 Å². The molecule has 3 rings (SSSR count). The van der Waals surface area contributed by atoms with Crippen molar-refractivity contribution in [2.45, 2.75) is 44.2 Å². The number of hydrogen-bond acceptors (Lipinski definition) is 6. The quantitative estimate of drug-likeness (QED) is 0.659. The first-order valence-electron chi connectivity index (χ1n) is 7.80. The van der Waals surface area contributed by atoms with Crippen LogP contribution in [-0.4, -0.2) is 21.9 Å². The average Bonchev–Trinajstić information content (AvgIpc) is 3.18. The van der Waals surface area contributed by atoms with E-state index in [0.29, 0.717) is 16.7 Å². The minimum Gasteiger partial charge on any atom is -0.431 e. The summed E-state index contributed by atoms with van der Waals surface area (Å²) < 4.78 is 5.72. The molecule has 0 saturated carbocycles. The Morgan fingerprint density at radius 1 is 1.42 bits per heavy atom. The van der Waals surface area contributed by atoms with E-state index in [-0.39, 0.29) is 11.9 Å². The first-order valence-corrected chi connectivity index (χ1v) is 9.67. The highest BCUT2D eigenvalue weighted by Gasteiger charge is 2.14. The van der Waals surface area contributed by atoms with Crippen molar-refractivity contribution in [3.8, 4) is 0 Å². The summed E-state index contributed by atoms with van der Waals surface area (Å²) in [5, 5.41) is 6.22. The monoisotopic (exact) mass is 361 g/mol. The first kappa shape index (κ1) is 17.0. The number of aromatic nitrogens is 2. The number of hydrogen-bond donors (Lipinski definition) is 1. The first-order chi connectivity index (χ1) is 11.5. The second-order valence-corrected chi connectivity index (χ2v) is 7.52. The lowest BCUT2D eigenvalue weighted by Crippen LogP contribution is -2.32. The third-order valence-electron chi connectivity index (χ3n) is 3.62. The number of oxazole rings is 1. The lowest BCUT2D eigenvalue weighted by molar-refractivity contribution is 0.0935. The van der Waals surface area contributed by atoms with Gasteiger partial charge in [0.2, 0.25) is 0 Å². The van der Waals surface area contributed by atoms with Crippen molar-refractivity contribution >= 4 is 40.1 Å². The van der Waals surface area contributed by atoms with Gasteiger partial charge in [-0.15, -0.1) is 11.3 Å². The molecule has 2 aromatic heterocycles. The molecule has 1 amide bonds. The Morgan fingerprint density at radius 2 is 2.25 bits per heavy atom. The van der Waals surface area contributed by atoms with Crippen molar-refractivity contribution in [1.82, 2.24) is 15.3 Å². The standard InChI is InChI=1S/C17H19N3O2S2/c1-4-11(3)18-16(21)13-8-23-15(19-13)9-24-17-20-12-7-10(2)5-6-14(12)22-17/h5-8,11H,4,9H2,1-3H3,(H,18,21)/t11-/m0/s1. The predicted octanol–water partition coefficient (Wildman–Crippen LogP) is 4.41. The Labute approximate surface area is 148 Å². The number of benzene rings is 1. The summed E-state index contributed by atoms with van der Waals surface area (Å²) in [4.78, 5) is 20.9. The molecule has 126 valence electrons. The number of amides is 1. The summed E-state index contributed by atoms with van der Waals surface area (Å²) in [7, 11) is 0. The van der Waals surface area contributed by atoms with Crippen molar-refractivity contribution in [3.05, 3.63) is 39.8 Å². The van der Waals surface area contributed by atoms with Gasteiger partial charge in [0.25, 0.3) is 11.1 Å². The van der Waals surface area contributed by atoms with Crippen LogP contribution in [0.1, 0.15) is 41.3 Å². The number of carbonyl (C=O) groups is 1. The molecule has 1 N–H and O–H groups in total. The number of fused-ring (bicyclic) bond motifs is 1. The zero-order valence-electron chi connectivity index (χ0n) is 13.8. The molecule has 5 nitrogen and oxygen atoms in total. The van der Waals surface area contributed by atoms with Crippen LogP contribution in [0.2, 0.25) is 0 Å². The number of carbonyl (C=O) groups excluding carboxylic acids is 1. The van der Waals surface area contributed by atoms with E-state index in [1.54, 1.807) is 5.38 Å². The number of rotatable bonds is 6. The molecule has 24 heavy (non-hydrogen) atoms. The van der Waals surface area contributed by atoms with Gasteiger partial charge in [0.1, 0.15) is 16.2 Å². The van der Waals surface area contributed by atoms with Crippen LogP contribution in [-0.2, 0) is 5.75 Å². The molecule has 2 heterocycles. The maximum absolute atomic E-state index is 12.0. The van der Waals surface area contributed by atoms with Gasteiger partial charge in [-0.05, 0) is 38.0 Å². The van der Waals surface area contributed by atoms with E-state index in [4.69, 9.17) is 4.42 Å². The van der Waals surface area contributed by atoms with Gasteiger partial charge in [0.15, 0.2) is 5.58 Å². The Morgan fingerprint density at radius 3 is 3.04 bits per heavy atom. The van der Waals surface area contributed by atoms with E-state index in [1.807, 2.05) is 39.0 Å². The fourth-order valence-corrected chi connectivity index (χ4v) is 3.71. The lowest BCUT2D eigenvalue weighted by atomic mass is 10.2. The highest BCUT2D eigenvalue weighted by molar-refractivity contribution is 7.98.